The second kappa shape index (κ2) is 9.69. The average molecular weight is 512 g/mol. The number of rotatable bonds is 6. The number of carbonyl (C=O) groups excluding carboxylic acids is 1. The predicted octanol–water partition coefficient (Wildman–Crippen LogP) is 4.83. The Morgan fingerprint density at radius 2 is 1.86 bits per heavy atom. The molecule has 1 N–H and O–H groups in total. The number of fused-ring (bicyclic) bond motifs is 1. The number of nitrogens with zero attached hydrogens (tertiary/aromatic N) is 4. The number of carbonyl (C=O) groups is 1. The molecule has 0 radical (unpaired) electrons. The lowest BCUT2D eigenvalue weighted by Gasteiger charge is -2.34. The first kappa shape index (κ1) is 23.9. The minimum atomic E-state index is -3.75. The van der Waals surface area contributed by atoms with Crippen LogP contribution in [0.2, 0.25) is 0 Å². The first-order valence-corrected chi connectivity index (χ1v) is 13.2. The molecule has 1 atom stereocenters. The third kappa shape index (κ3) is 4.68. The lowest BCUT2D eigenvalue weighted by molar-refractivity contribution is -0.135. The predicted molar refractivity (Wildman–Crippen MR) is 139 cm³/mol. The van der Waals surface area contributed by atoms with Gasteiger partial charge in [-0.15, -0.1) is 0 Å². The fourth-order valence-corrected chi connectivity index (χ4v) is 5.78. The Morgan fingerprint density at radius 1 is 1.11 bits per heavy atom. The topological polar surface area (TPSA) is 97.2 Å². The highest BCUT2D eigenvalue weighted by Crippen LogP contribution is 2.31. The summed E-state index contributed by atoms with van der Waals surface area (Å²) in [5, 5.41) is 0.508. The summed E-state index contributed by atoms with van der Waals surface area (Å²) in [5.74, 6) is 0.151. The molecular weight excluding hydrogens is 481 g/mol. The molecule has 1 fully saturated rings. The molecule has 1 amide bonds. The number of nitrogens with one attached hydrogen (secondary N) is 1. The molecule has 36 heavy (non-hydrogen) atoms. The van der Waals surface area contributed by atoms with Gasteiger partial charge in [-0.3, -0.25) is 9.52 Å². The number of hydrogen-bond donors (Lipinski definition) is 1. The summed E-state index contributed by atoms with van der Waals surface area (Å²) in [6.45, 7) is 3.06. The summed E-state index contributed by atoms with van der Waals surface area (Å²) >= 11 is 0. The SMILES string of the molecule is C[C@H](C(=O)N1CCC(c2ccc(S(=O)(=O)Nc3ccncn3)cc2)CC1)n1ccc2c(F)cccc21.[HH].[HH]. The number of amides is 1. The Bertz CT molecular complexity index is 1490. The molecule has 190 valence electrons. The van der Waals surface area contributed by atoms with Gasteiger partial charge >= 0.3 is 0 Å². The van der Waals surface area contributed by atoms with E-state index in [1.165, 1.54) is 24.7 Å². The molecule has 1 aliphatic rings. The minimum absolute atomic E-state index is 0. The van der Waals surface area contributed by atoms with E-state index in [2.05, 4.69) is 14.7 Å². The highest BCUT2D eigenvalue weighted by Gasteiger charge is 2.28. The molecule has 0 bridgehead atoms. The van der Waals surface area contributed by atoms with E-state index in [4.69, 9.17) is 0 Å². The van der Waals surface area contributed by atoms with E-state index in [0.717, 1.165) is 18.4 Å². The Labute approximate surface area is 211 Å². The van der Waals surface area contributed by atoms with Crippen molar-refractivity contribution in [2.24, 2.45) is 0 Å². The second-order valence-electron chi connectivity index (χ2n) is 8.94. The van der Waals surface area contributed by atoms with Crippen molar-refractivity contribution in [1.29, 1.82) is 0 Å². The molecule has 0 spiro atoms. The molecule has 4 aromatic rings. The van der Waals surface area contributed by atoms with Crippen LogP contribution in [0.15, 0.2) is 78.2 Å². The lowest BCUT2D eigenvalue weighted by atomic mass is 9.89. The third-order valence-corrected chi connectivity index (χ3v) is 8.14. The van der Waals surface area contributed by atoms with Crippen molar-refractivity contribution in [2.45, 2.75) is 36.6 Å². The van der Waals surface area contributed by atoms with Crippen LogP contribution in [0.25, 0.3) is 10.9 Å². The van der Waals surface area contributed by atoms with E-state index in [1.807, 2.05) is 34.6 Å². The summed E-state index contributed by atoms with van der Waals surface area (Å²) < 4.78 is 43.6. The maximum atomic E-state index is 14.1. The van der Waals surface area contributed by atoms with E-state index in [-0.39, 0.29) is 31.2 Å². The van der Waals surface area contributed by atoms with Crippen molar-refractivity contribution in [3.63, 3.8) is 0 Å². The van der Waals surface area contributed by atoms with Crippen LogP contribution in [-0.4, -0.2) is 46.8 Å². The van der Waals surface area contributed by atoms with Crippen LogP contribution in [-0.2, 0) is 14.8 Å². The summed E-state index contributed by atoms with van der Waals surface area (Å²) in [7, 11) is -3.75. The van der Waals surface area contributed by atoms with Crippen LogP contribution < -0.4 is 4.72 Å². The van der Waals surface area contributed by atoms with Crippen molar-refractivity contribution in [1.82, 2.24) is 19.4 Å². The monoisotopic (exact) mass is 511 g/mol. The molecule has 2 aromatic carbocycles. The van der Waals surface area contributed by atoms with Gasteiger partial charge in [-0.1, -0.05) is 18.2 Å². The van der Waals surface area contributed by atoms with Gasteiger partial charge in [0.1, 0.15) is 24.0 Å². The van der Waals surface area contributed by atoms with E-state index in [9.17, 15) is 17.6 Å². The van der Waals surface area contributed by atoms with Gasteiger partial charge in [0.05, 0.1) is 10.4 Å². The highest BCUT2D eigenvalue weighted by atomic mass is 32.2. The van der Waals surface area contributed by atoms with Crippen molar-refractivity contribution in [3.8, 4) is 0 Å². The van der Waals surface area contributed by atoms with Crippen LogP contribution >= 0.6 is 0 Å². The van der Waals surface area contributed by atoms with Gasteiger partial charge in [0.15, 0.2) is 0 Å². The molecule has 0 saturated carbocycles. The summed E-state index contributed by atoms with van der Waals surface area (Å²) in [5.41, 5.74) is 1.75. The van der Waals surface area contributed by atoms with Crippen molar-refractivity contribution >= 4 is 32.7 Å². The van der Waals surface area contributed by atoms with Gasteiger partial charge in [-0.25, -0.2) is 22.8 Å². The number of piperidine rings is 1. The zero-order valence-corrected chi connectivity index (χ0v) is 20.5. The van der Waals surface area contributed by atoms with Crippen molar-refractivity contribution in [3.05, 3.63) is 84.7 Å². The number of hydrogen-bond acceptors (Lipinski definition) is 5. The van der Waals surface area contributed by atoms with Crippen molar-refractivity contribution < 1.29 is 20.5 Å². The van der Waals surface area contributed by atoms with Gasteiger partial charge in [0, 0.05) is 33.7 Å². The molecule has 0 aliphatic carbocycles. The molecule has 1 saturated heterocycles. The van der Waals surface area contributed by atoms with Crippen LogP contribution in [0.1, 0.15) is 40.1 Å². The van der Waals surface area contributed by atoms with Gasteiger partial charge < -0.3 is 9.47 Å². The van der Waals surface area contributed by atoms with Gasteiger partial charge in [-0.05, 0) is 67.6 Å². The Morgan fingerprint density at radius 3 is 2.56 bits per heavy atom. The standard InChI is InChI=1S/C26H26FN5O3S.2H2/c1-18(32-16-12-22-23(27)3-2-4-24(22)32)26(33)31-14-10-20(11-15-31)19-5-7-21(8-6-19)36(34,35)30-25-9-13-28-17-29-25;;/h2-9,12-13,16-18,20H,10-11,14-15H2,1H3,(H,28,29,30);2*1H/t18-;;/m1../s1. The zero-order valence-electron chi connectivity index (χ0n) is 19.7. The molecular formula is C26H30FN5O3S. The summed E-state index contributed by atoms with van der Waals surface area (Å²) in [6, 6.07) is 14.5. The maximum Gasteiger partial charge on any atom is 0.263 e. The van der Waals surface area contributed by atoms with Crippen molar-refractivity contribution in [2.75, 3.05) is 17.8 Å². The first-order valence-electron chi connectivity index (χ1n) is 11.8. The minimum Gasteiger partial charge on any atom is -0.341 e. The number of anilines is 1. The second-order valence-corrected chi connectivity index (χ2v) is 10.6. The highest BCUT2D eigenvalue weighted by molar-refractivity contribution is 7.92. The zero-order chi connectivity index (χ0) is 25.3. The molecule has 10 heteroatoms. The number of sulfonamides is 1. The fraction of sp³-hybridized carbons (Fsp3) is 0.269. The van der Waals surface area contributed by atoms with Gasteiger partial charge in [0.25, 0.3) is 10.0 Å². The molecule has 3 heterocycles. The first-order chi connectivity index (χ1) is 17.3. The fourth-order valence-electron chi connectivity index (χ4n) is 4.77. The van der Waals surface area contributed by atoms with Crippen LogP contribution in [0.5, 0.6) is 0 Å². The van der Waals surface area contributed by atoms with E-state index < -0.39 is 16.1 Å². The number of aromatic nitrogens is 3. The Kier molecular flexibility index (Phi) is 6.44. The third-order valence-electron chi connectivity index (χ3n) is 6.77. The molecule has 5 rings (SSSR count). The Hall–Kier alpha value is -3.79. The number of benzene rings is 2. The van der Waals surface area contributed by atoms with Gasteiger partial charge in [-0.2, -0.15) is 0 Å². The smallest absolute Gasteiger partial charge is 0.263 e. The quantitative estimate of drug-likeness (QED) is 0.400. The van der Waals surface area contributed by atoms with E-state index in [0.29, 0.717) is 24.0 Å². The molecule has 2 aromatic heterocycles. The summed E-state index contributed by atoms with van der Waals surface area (Å²) in [4.78, 5) is 22.9. The van der Waals surface area contributed by atoms with Crippen LogP contribution in [0.3, 0.4) is 0 Å². The van der Waals surface area contributed by atoms with Crippen LogP contribution in [0.4, 0.5) is 10.2 Å². The maximum absolute atomic E-state index is 14.1. The lowest BCUT2D eigenvalue weighted by Crippen LogP contribution is -2.41. The summed E-state index contributed by atoms with van der Waals surface area (Å²) in [6.07, 6.45) is 6.07. The van der Waals surface area contributed by atoms with Gasteiger partial charge in [0.2, 0.25) is 5.91 Å². The van der Waals surface area contributed by atoms with E-state index >= 15 is 0 Å². The molecule has 8 nitrogen and oxygen atoms in total. The number of likely N-dealkylation sites (tertiary alicyclic amines) is 1. The Balaban J connectivity index is 0.00000200. The normalized spacial score (nSPS) is 15.7. The molecule has 0 unspecified atom stereocenters. The average Bonchev–Trinajstić information content (AvgIpc) is 3.34. The van der Waals surface area contributed by atoms with Crippen LogP contribution in [0, 0.1) is 5.82 Å². The molecule has 1 aliphatic heterocycles. The largest absolute Gasteiger partial charge is 0.341 e. The van der Waals surface area contributed by atoms with E-state index in [1.54, 1.807) is 30.5 Å². The number of halogens is 1.